The molecule has 0 atom stereocenters. The van der Waals surface area contributed by atoms with Gasteiger partial charge in [0, 0.05) is 17.8 Å². The van der Waals surface area contributed by atoms with Crippen molar-refractivity contribution < 1.29 is 9.53 Å². The Morgan fingerprint density at radius 3 is 2.72 bits per heavy atom. The van der Waals surface area contributed by atoms with Crippen LogP contribution in [-0.2, 0) is 9.53 Å². The summed E-state index contributed by atoms with van der Waals surface area (Å²) < 4.78 is 6.23. The maximum Gasteiger partial charge on any atom is 0.215 e. The van der Waals surface area contributed by atoms with E-state index in [1.165, 1.54) is 0 Å². The number of halogens is 1. The van der Waals surface area contributed by atoms with Gasteiger partial charge in [-0.2, -0.15) is 0 Å². The third-order valence-corrected chi connectivity index (χ3v) is 3.99. The molecule has 1 aliphatic rings. The molecule has 2 rings (SSSR count). The van der Waals surface area contributed by atoms with Gasteiger partial charge in [0.25, 0.3) is 0 Å². The van der Waals surface area contributed by atoms with Crippen molar-refractivity contribution in [3.63, 3.8) is 0 Å². The van der Waals surface area contributed by atoms with E-state index in [0.717, 1.165) is 36.6 Å². The highest BCUT2D eigenvalue weighted by Crippen LogP contribution is 2.37. The second-order valence-electron chi connectivity index (χ2n) is 4.67. The Hall–Kier alpha value is -0.940. The fourth-order valence-corrected chi connectivity index (χ4v) is 2.91. The van der Waals surface area contributed by atoms with Crippen molar-refractivity contribution in [3.8, 4) is 0 Å². The fourth-order valence-electron chi connectivity index (χ4n) is 2.68. The van der Waals surface area contributed by atoms with Gasteiger partial charge in [0.1, 0.15) is 5.82 Å². The predicted molar refractivity (Wildman–Crippen MR) is 73.6 cm³/mol. The second-order valence-corrected chi connectivity index (χ2v) is 5.59. The molecular formula is C13H17BrN2O2. The van der Waals surface area contributed by atoms with Gasteiger partial charge >= 0.3 is 0 Å². The number of methoxy groups -OCH3 is 1. The van der Waals surface area contributed by atoms with Crippen molar-refractivity contribution in [3.05, 3.63) is 22.8 Å². The van der Waals surface area contributed by atoms with E-state index in [1.54, 1.807) is 18.2 Å². The number of nitrogens with zero attached hydrogens (tertiary/aromatic N) is 2. The summed E-state index contributed by atoms with van der Waals surface area (Å²) in [4.78, 5) is 17.5. The molecule has 4 nitrogen and oxygen atoms in total. The highest BCUT2D eigenvalue weighted by Gasteiger charge is 2.40. The first kappa shape index (κ1) is 13.5. The summed E-state index contributed by atoms with van der Waals surface area (Å²) in [5, 5.41) is 0. The molecule has 0 N–H and O–H groups in total. The molecule has 1 heterocycles. The quantitative estimate of drug-likeness (QED) is 0.785. The number of ether oxygens (including phenoxy) is 1. The van der Waals surface area contributed by atoms with Gasteiger partial charge in [0.15, 0.2) is 0 Å². The van der Waals surface area contributed by atoms with E-state index < -0.39 is 0 Å². The number of hydrogen-bond acceptors (Lipinski definition) is 3. The number of rotatable bonds is 5. The highest BCUT2D eigenvalue weighted by atomic mass is 79.9. The van der Waals surface area contributed by atoms with Crippen LogP contribution in [0.1, 0.15) is 25.7 Å². The SMILES string of the molecule is COCC1(N(C=O)c2ccc(Br)cn2)CCCC1. The lowest BCUT2D eigenvalue weighted by atomic mass is 9.96. The van der Waals surface area contributed by atoms with Gasteiger partial charge in [-0.05, 0) is 40.9 Å². The Labute approximate surface area is 115 Å². The van der Waals surface area contributed by atoms with E-state index in [9.17, 15) is 4.79 Å². The lowest BCUT2D eigenvalue weighted by Gasteiger charge is -2.37. The molecule has 18 heavy (non-hydrogen) atoms. The van der Waals surface area contributed by atoms with Crippen molar-refractivity contribution in [1.82, 2.24) is 4.98 Å². The van der Waals surface area contributed by atoms with Crippen molar-refractivity contribution in [2.24, 2.45) is 0 Å². The minimum absolute atomic E-state index is 0.225. The molecule has 0 unspecified atom stereocenters. The Morgan fingerprint density at radius 1 is 1.50 bits per heavy atom. The van der Waals surface area contributed by atoms with Crippen LogP contribution in [0.15, 0.2) is 22.8 Å². The topological polar surface area (TPSA) is 42.4 Å². The number of aromatic nitrogens is 1. The number of pyridine rings is 1. The molecule has 1 saturated carbocycles. The van der Waals surface area contributed by atoms with Crippen LogP contribution in [0.4, 0.5) is 5.82 Å². The minimum Gasteiger partial charge on any atom is -0.382 e. The Bertz CT molecular complexity index is 402. The van der Waals surface area contributed by atoms with E-state index in [1.807, 2.05) is 12.1 Å². The van der Waals surface area contributed by atoms with Crippen LogP contribution >= 0.6 is 15.9 Å². The van der Waals surface area contributed by atoms with E-state index in [2.05, 4.69) is 20.9 Å². The van der Waals surface area contributed by atoms with Crippen molar-refractivity contribution >= 4 is 28.2 Å². The monoisotopic (exact) mass is 312 g/mol. The van der Waals surface area contributed by atoms with Crippen molar-refractivity contribution in [1.29, 1.82) is 0 Å². The largest absolute Gasteiger partial charge is 0.382 e. The first-order valence-corrected chi connectivity index (χ1v) is 6.86. The standard InChI is InChI=1S/C13H17BrN2O2/c1-18-9-13(6-2-3-7-13)16(10-17)12-5-4-11(14)8-15-12/h4-5,8,10H,2-3,6-7,9H2,1H3. The van der Waals surface area contributed by atoms with Gasteiger partial charge in [-0.3, -0.25) is 9.69 Å². The third kappa shape index (κ3) is 2.57. The van der Waals surface area contributed by atoms with Crippen LogP contribution in [0, 0.1) is 0 Å². The van der Waals surface area contributed by atoms with Gasteiger partial charge in [0.05, 0.1) is 12.1 Å². The molecule has 1 fully saturated rings. The Kier molecular flexibility index (Phi) is 4.35. The normalized spacial score (nSPS) is 17.7. The van der Waals surface area contributed by atoms with Gasteiger partial charge in [-0.15, -0.1) is 0 Å². The summed E-state index contributed by atoms with van der Waals surface area (Å²) >= 11 is 3.35. The fraction of sp³-hybridized carbons (Fsp3) is 0.538. The molecule has 1 aromatic rings. The van der Waals surface area contributed by atoms with Crippen molar-refractivity contribution in [2.75, 3.05) is 18.6 Å². The first-order chi connectivity index (χ1) is 8.72. The molecule has 0 aromatic carbocycles. The first-order valence-electron chi connectivity index (χ1n) is 6.07. The number of carbonyl (C=O) groups excluding carboxylic acids is 1. The van der Waals surface area contributed by atoms with Crippen LogP contribution in [-0.4, -0.2) is 30.6 Å². The smallest absolute Gasteiger partial charge is 0.215 e. The highest BCUT2D eigenvalue weighted by molar-refractivity contribution is 9.10. The summed E-state index contributed by atoms with van der Waals surface area (Å²) in [7, 11) is 1.68. The average molecular weight is 313 g/mol. The van der Waals surface area contributed by atoms with Crippen LogP contribution in [0.25, 0.3) is 0 Å². The number of hydrogen-bond donors (Lipinski definition) is 0. The number of amides is 1. The molecule has 1 aliphatic carbocycles. The average Bonchev–Trinajstić information content (AvgIpc) is 2.82. The molecule has 0 saturated heterocycles. The summed E-state index contributed by atoms with van der Waals surface area (Å²) in [5.74, 6) is 0.687. The maximum absolute atomic E-state index is 11.5. The second kappa shape index (κ2) is 5.80. The van der Waals surface area contributed by atoms with Gasteiger partial charge in [0.2, 0.25) is 6.41 Å². The lowest BCUT2D eigenvalue weighted by Crippen LogP contribution is -2.50. The van der Waals surface area contributed by atoms with Gasteiger partial charge in [-0.25, -0.2) is 4.98 Å². The summed E-state index contributed by atoms with van der Waals surface area (Å²) in [6, 6.07) is 3.75. The molecule has 0 aliphatic heterocycles. The van der Waals surface area contributed by atoms with Crippen LogP contribution in [0.5, 0.6) is 0 Å². The van der Waals surface area contributed by atoms with Crippen LogP contribution in [0.2, 0.25) is 0 Å². The summed E-state index contributed by atoms with van der Waals surface area (Å²) in [5.41, 5.74) is -0.225. The third-order valence-electron chi connectivity index (χ3n) is 3.52. The molecular weight excluding hydrogens is 296 g/mol. The zero-order valence-electron chi connectivity index (χ0n) is 10.4. The molecule has 0 bridgehead atoms. The maximum atomic E-state index is 11.5. The Morgan fingerprint density at radius 2 is 2.22 bits per heavy atom. The van der Waals surface area contributed by atoms with Crippen molar-refractivity contribution in [2.45, 2.75) is 31.2 Å². The van der Waals surface area contributed by atoms with E-state index >= 15 is 0 Å². The van der Waals surface area contributed by atoms with E-state index in [-0.39, 0.29) is 5.54 Å². The molecule has 98 valence electrons. The zero-order valence-corrected chi connectivity index (χ0v) is 12.0. The predicted octanol–water partition coefficient (Wildman–Crippen LogP) is 2.77. The van der Waals surface area contributed by atoms with Crippen LogP contribution < -0.4 is 4.90 Å². The van der Waals surface area contributed by atoms with Gasteiger partial charge < -0.3 is 4.74 Å². The van der Waals surface area contributed by atoms with E-state index in [0.29, 0.717) is 12.4 Å². The van der Waals surface area contributed by atoms with Crippen LogP contribution in [0.3, 0.4) is 0 Å². The molecule has 0 radical (unpaired) electrons. The zero-order chi connectivity index (χ0) is 13.0. The summed E-state index contributed by atoms with van der Waals surface area (Å²) in [6.07, 6.45) is 6.78. The van der Waals surface area contributed by atoms with E-state index in [4.69, 9.17) is 4.74 Å². The molecule has 0 spiro atoms. The molecule has 1 amide bonds. The molecule has 1 aromatic heterocycles. The number of carbonyl (C=O) groups is 1. The minimum atomic E-state index is -0.225. The lowest BCUT2D eigenvalue weighted by molar-refractivity contribution is -0.109. The Balaban J connectivity index is 2.30. The summed E-state index contributed by atoms with van der Waals surface area (Å²) in [6.45, 7) is 0.559. The number of anilines is 1. The molecule has 5 heteroatoms. The van der Waals surface area contributed by atoms with Gasteiger partial charge in [-0.1, -0.05) is 12.8 Å².